The van der Waals surface area contributed by atoms with Gasteiger partial charge < -0.3 is 4.90 Å². The summed E-state index contributed by atoms with van der Waals surface area (Å²) in [6.07, 6.45) is 0. The van der Waals surface area contributed by atoms with Gasteiger partial charge in [0.05, 0.1) is 6.54 Å². The molecular formula is C11H14BrFN2O3S. The number of hydrogen-bond acceptors (Lipinski definition) is 3. The van der Waals surface area contributed by atoms with Crippen molar-refractivity contribution in [3.05, 3.63) is 28.5 Å². The molecule has 1 aromatic rings. The van der Waals surface area contributed by atoms with Gasteiger partial charge >= 0.3 is 0 Å². The van der Waals surface area contributed by atoms with Crippen molar-refractivity contribution in [2.75, 3.05) is 20.1 Å². The minimum atomic E-state index is -4.04. The van der Waals surface area contributed by atoms with Crippen LogP contribution in [0, 0.1) is 5.82 Å². The molecule has 0 fully saturated rings. The maximum Gasteiger partial charge on any atom is 0.243 e. The molecule has 1 rings (SSSR count). The number of nitrogens with one attached hydrogen (secondary N) is 1. The highest BCUT2D eigenvalue weighted by Crippen LogP contribution is 2.19. The third-order valence-corrected chi connectivity index (χ3v) is 4.42. The molecule has 1 N–H and O–H groups in total. The number of benzene rings is 1. The van der Waals surface area contributed by atoms with E-state index in [1.165, 1.54) is 11.0 Å². The first kappa shape index (κ1) is 16.1. The fraction of sp³-hybridized carbons (Fsp3) is 0.364. The van der Waals surface area contributed by atoms with Gasteiger partial charge in [0.2, 0.25) is 15.9 Å². The third-order valence-electron chi connectivity index (χ3n) is 2.50. The van der Waals surface area contributed by atoms with Gasteiger partial charge in [-0.25, -0.2) is 17.5 Å². The fourth-order valence-corrected chi connectivity index (χ4v) is 2.60. The van der Waals surface area contributed by atoms with E-state index in [0.717, 1.165) is 12.1 Å². The third kappa shape index (κ3) is 4.26. The van der Waals surface area contributed by atoms with Gasteiger partial charge in [0.1, 0.15) is 10.7 Å². The molecule has 106 valence electrons. The Bertz CT molecular complexity index is 577. The molecule has 0 atom stereocenters. The van der Waals surface area contributed by atoms with Gasteiger partial charge in [-0.3, -0.25) is 4.79 Å². The molecular weight excluding hydrogens is 339 g/mol. The van der Waals surface area contributed by atoms with E-state index in [0.29, 0.717) is 11.0 Å². The maximum absolute atomic E-state index is 13.6. The molecule has 0 aliphatic rings. The number of carbonyl (C=O) groups is 1. The first-order valence-electron chi connectivity index (χ1n) is 5.46. The van der Waals surface area contributed by atoms with E-state index >= 15 is 0 Å². The molecule has 0 aliphatic carbocycles. The van der Waals surface area contributed by atoms with E-state index < -0.39 is 27.3 Å². The lowest BCUT2D eigenvalue weighted by Gasteiger charge is -2.15. The SMILES string of the molecule is CCN(C)C(=O)CNS(=O)(=O)c1ccc(Br)cc1F. The molecule has 5 nitrogen and oxygen atoms in total. The maximum atomic E-state index is 13.6. The lowest BCUT2D eigenvalue weighted by molar-refractivity contribution is -0.128. The van der Waals surface area contributed by atoms with Gasteiger partial charge in [-0.15, -0.1) is 0 Å². The average molecular weight is 353 g/mol. The highest BCUT2D eigenvalue weighted by molar-refractivity contribution is 9.10. The zero-order valence-corrected chi connectivity index (χ0v) is 12.9. The van der Waals surface area contributed by atoms with Crippen LogP contribution in [0.4, 0.5) is 4.39 Å². The molecule has 0 heterocycles. The summed E-state index contributed by atoms with van der Waals surface area (Å²) in [6.45, 7) is 1.83. The number of halogens is 2. The predicted octanol–water partition coefficient (Wildman–Crippen LogP) is 1.34. The zero-order chi connectivity index (χ0) is 14.6. The van der Waals surface area contributed by atoms with Crippen molar-refractivity contribution in [3.63, 3.8) is 0 Å². The Morgan fingerprint density at radius 1 is 1.47 bits per heavy atom. The molecule has 0 saturated carbocycles. The van der Waals surface area contributed by atoms with Crippen LogP contribution in [-0.4, -0.2) is 39.4 Å². The highest BCUT2D eigenvalue weighted by Gasteiger charge is 2.20. The van der Waals surface area contributed by atoms with Crippen LogP contribution in [0.1, 0.15) is 6.92 Å². The van der Waals surface area contributed by atoms with Crippen LogP contribution in [-0.2, 0) is 14.8 Å². The number of likely N-dealkylation sites (N-methyl/N-ethyl adjacent to an activating group) is 1. The Kier molecular flexibility index (Phi) is 5.45. The van der Waals surface area contributed by atoms with E-state index in [9.17, 15) is 17.6 Å². The summed E-state index contributed by atoms with van der Waals surface area (Å²) in [5.74, 6) is -1.26. The second-order valence-corrected chi connectivity index (χ2v) is 6.46. The van der Waals surface area contributed by atoms with Gasteiger partial charge in [-0.05, 0) is 25.1 Å². The fourth-order valence-electron chi connectivity index (χ4n) is 1.24. The van der Waals surface area contributed by atoms with Gasteiger partial charge in [0.15, 0.2) is 0 Å². The van der Waals surface area contributed by atoms with Crippen LogP contribution in [0.15, 0.2) is 27.6 Å². The monoisotopic (exact) mass is 352 g/mol. The smallest absolute Gasteiger partial charge is 0.243 e. The number of sulfonamides is 1. The second kappa shape index (κ2) is 6.44. The molecule has 0 unspecified atom stereocenters. The summed E-state index contributed by atoms with van der Waals surface area (Å²) in [5, 5.41) is 0. The van der Waals surface area contributed by atoms with E-state index in [1.807, 2.05) is 0 Å². The van der Waals surface area contributed by atoms with E-state index in [2.05, 4.69) is 20.7 Å². The zero-order valence-electron chi connectivity index (χ0n) is 10.5. The number of amides is 1. The molecule has 0 spiro atoms. The van der Waals surface area contributed by atoms with Gasteiger partial charge in [-0.2, -0.15) is 0 Å². The summed E-state index contributed by atoms with van der Waals surface area (Å²) in [6, 6.07) is 3.60. The minimum Gasteiger partial charge on any atom is -0.345 e. The Balaban J connectivity index is 2.85. The first-order chi connectivity index (χ1) is 8.77. The van der Waals surface area contributed by atoms with Crippen LogP contribution < -0.4 is 4.72 Å². The first-order valence-corrected chi connectivity index (χ1v) is 7.74. The molecule has 19 heavy (non-hydrogen) atoms. The molecule has 0 radical (unpaired) electrons. The molecule has 1 aromatic carbocycles. The second-order valence-electron chi connectivity index (χ2n) is 3.81. The van der Waals surface area contributed by atoms with E-state index in [1.54, 1.807) is 14.0 Å². The molecule has 0 bridgehead atoms. The van der Waals surface area contributed by atoms with Crippen LogP contribution >= 0.6 is 15.9 Å². The van der Waals surface area contributed by atoms with Crippen molar-refractivity contribution < 1.29 is 17.6 Å². The lowest BCUT2D eigenvalue weighted by atomic mass is 10.3. The summed E-state index contributed by atoms with van der Waals surface area (Å²) in [7, 11) is -2.49. The Morgan fingerprint density at radius 2 is 2.11 bits per heavy atom. The van der Waals surface area contributed by atoms with Crippen molar-refractivity contribution in [3.8, 4) is 0 Å². The number of hydrogen-bond donors (Lipinski definition) is 1. The Labute approximate surface area is 120 Å². The summed E-state index contributed by atoms with van der Waals surface area (Å²) < 4.78 is 39.7. The van der Waals surface area contributed by atoms with E-state index in [4.69, 9.17) is 0 Å². The topological polar surface area (TPSA) is 66.5 Å². The van der Waals surface area contributed by atoms with Gasteiger partial charge in [0.25, 0.3) is 0 Å². The van der Waals surface area contributed by atoms with Crippen molar-refractivity contribution in [1.29, 1.82) is 0 Å². The van der Waals surface area contributed by atoms with Crippen molar-refractivity contribution in [2.24, 2.45) is 0 Å². The van der Waals surface area contributed by atoms with Crippen molar-refractivity contribution in [1.82, 2.24) is 9.62 Å². The number of carbonyl (C=O) groups excluding carboxylic acids is 1. The Hall–Kier alpha value is -0.990. The van der Waals surface area contributed by atoms with Gasteiger partial charge in [0, 0.05) is 18.1 Å². The van der Waals surface area contributed by atoms with Crippen molar-refractivity contribution >= 4 is 31.9 Å². The average Bonchev–Trinajstić information content (AvgIpc) is 2.34. The highest BCUT2D eigenvalue weighted by atomic mass is 79.9. The van der Waals surface area contributed by atoms with Crippen molar-refractivity contribution in [2.45, 2.75) is 11.8 Å². The normalized spacial score (nSPS) is 11.4. The summed E-state index contributed by atoms with van der Waals surface area (Å²) in [5.41, 5.74) is 0. The Morgan fingerprint density at radius 3 is 2.63 bits per heavy atom. The predicted molar refractivity (Wildman–Crippen MR) is 72.6 cm³/mol. The molecule has 0 aliphatic heterocycles. The number of nitrogens with zero attached hydrogens (tertiary/aromatic N) is 1. The molecule has 1 amide bonds. The number of rotatable bonds is 5. The van der Waals surface area contributed by atoms with Crippen LogP contribution in [0.2, 0.25) is 0 Å². The standard InChI is InChI=1S/C11H14BrFN2O3S/c1-3-15(2)11(16)7-14-19(17,18)10-5-4-8(12)6-9(10)13/h4-6,14H,3,7H2,1-2H3. The van der Waals surface area contributed by atoms with Crippen LogP contribution in [0.3, 0.4) is 0 Å². The molecule has 8 heteroatoms. The largest absolute Gasteiger partial charge is 0.345 e. The summed E-state index contributed by atoms with van der Waals surface area (Å²) in [4.78, 5) is 12.4. The molecule has 0 aromatic heterocycles. The summed E-state index contributed by atoms with van der Waals surface area (Å²) >= 11 is 3.04. The van der Waals surface area contributed by atoms with E-state index in [-0.39, 0.29) is 5.91 Å². The molecule has 0 saturated heterocycles. The van der Waals surface area contributed by atoms with Crippen LogP contribution in [0.25, 0.3) is 0 Å². The minimum absolute atomic E-state index is 0.386. The van der Waals surface area contributed by atoms with Crippen LogP contribution in [0.5, 0.6) is 0 Å². The quantitative estimate of drug-likeness (QED) is 0.869. The lowest BCUT2D eigenvalue weighted by Crippen LogP contribution is -2.38. The van der Waals surface area contributed by atoms with Gasteiger partial charge in [-0.1, -0.05) is 15.9 Å².